The molecule has 0 spiro atoms. The van der Waals surface area contributed by atoms with Crippen molar-refractivity contribution in [2.45, 2.75) is 6.92 Å². The highest BCUT2D eigenvalue weighted by molar-refractivity contribution is 5.81. The normalized spacial score (nSPS) is 10.8. The number of nitrogen functional groups attached to an aromatic ring is 2. The molecule has 2 aromatic rings. The molecule has 70 valence electrons. The summed E-state index contributed by atoms with van der Waals surface area (Å²) in [6.07, 6.45) is 0. The van der Waals surface area contributed by atoms with Gasteiger partial charge in [-0.15, -0.1) is 0 Å². The molecule has 2 aromatic heterocycles. The number of rotatable bonds is 2. The summed E-state index contributed by atoms with van der Waals surface area (Å²) >= 11 is 0. The van der Waals surface area contributed by atoms with E-state index in [9.17, 15) is 0 Å². The second-order valence-electron chi connectivity index (χ2n) is 2.68. The van der Waals surface area contributed by atoms with E-state index >= 15 is 0 Å². The second-order valence-corrected chi connectivity index (χ2v) is 2.68. The van der Waals surface area contributed by atoms with Crippen LogP contribution in [0.3, 0.4) is 0 Å². The molecule has 5 nitrogen and oxygen atoms in total. The van der Waals surface area contributed by atoms with Crippen molar-refractivity contribution in [1.29, 1.82) is 0 Å². The monoisotopic (exact) mass is 181 g/mol. The van der Waals surface area contributed by atoms with Crippen LogP contribution in [-0.2, 0) is 0 Å². The first-order valence-electron chi connectivity index (χ1n) is 4.02. The van der Waals surface area contributed by atoms with Gasteiger partial charge in [-0.2, -0.15) is 4.73 Å². The molecule has 0 amide bonds. The van der Waals surface area contributed by atoms with Gasteiger partial charge in [0.05, 0.1) is 0 Å². The molecule has 0 bridgehead atoms. The summed E-state index contributed by atoms with van der Waals surface area (Å²) in [6.45, 7) is 2.42. The second kappa shape index (κ2) is 2.62. The summed E-state index contributed by atoms with van der Waals surface area (Å²) in [5.41, 5.74) is 12.5. The van der Waals surface area contributed by atoms with Crippen LogP contribution in [0.4, 0.5) is 11.7 Å². The minimum atomic E-state index is 0.360. The first-order valence-corrected chi connectivity index (χ1v) is 4.02. The van der Waals surface area contributed by atoms with E-state index in [0.29, 0.717) is 23.9 Å². The van der Waals surface area contributed by atoms with E-state index in [4.69, 9.17) is 20.7 Å². The van der Waals surface area contributed by atoms with Crippen molar-refractivity contribution in [1.82, 2.24) is 4.73 Å². The van der Waals surface area contributed by atoms with Crippen molar-refractivity contribution in [2.24, 2.45) is 0 Å². The van der Waals surface area contributed by atoms with E-state index in [0.717, 1.165) is 5.52 Å². The average molecular weight is 181 g/mol. The van der Waals surface area contributed by atoms with Gasteiger partial charge in [0.25, 0.3) is 0 Å². The summed E-state index contributed by atoms with van der Waals surface area (Å²) in [4.78, 5) is 5.28. The minimum Gasteiger partial charge on any atom is -0.439 e. The van der Waals surface area contributed by atoms with Crippen LogP contribution in [0, 0.1) is 0 Å². The predicted octanol–water partition coefficient (Wildman–Crippen LogP) is 0.847. The zero-order valence-electron chi connectivity index (χ0n) is 7.28. The third-order valence-corrected chi connectivity index (χ3v) is 1.75. The Morgan fingerprint density at radius 2 is 2.23 bits per heavy atom. The van der Waals surface area contributed by atoms with E-state index < -0.39 is 0 Å². The van der Waals surface area contributed by atoms with Gasteiger partial charge in [-0.05, 0) is 6.92 Å². The SMILES string of the molecule is CCOn1c(N)cc2oc(N)cc21. The maximum Gasteiger partial charge on any atom is 0.193 e. The number of furan rings is 1. The first-order chi connectivity index (χ1) is 6.22. The van der Waals surface area contributed by atoms with Crippen molar-refractivity contribution >= 4 is 22.8 Å². The Labute approximate surface area is 74.8 Å². The molecular weight excluding hydrogens is 170 g/mol. The number of hydrogen-bond donors (Lipinski definition) is 2. The summed E-state index contributed by atoms with van der Waals surface area (Å²) in [5.74, 6) is 0.869. The fourth-order valence-electron chi connectivity index (χ4n) is 1.28. The number of aromatic nitrogens is 1. The maximum absolute atomic E-state index is 5.67. The van der Waals surface area contributed by atoms with Gasteiger partial charge in [-0.1, -0.05) is 0 Å². The molecule has 5 heteroatoms. The van der Waals surface area contributed by atoms with Gasteiger partial charge in [0, 0.05) is 12.1 Å². The molecule has 0 saturated carbocycles. The Hall–Kier alpha value is -1.78. The van der Waals surface area contributed by atoms with Crippen LogP contribution in [0.5, 0.6) is 0 Å². The Kier molecular flexibility index (Phi) is 1.58. The summed E-state index contributed by atoms with van der Waals surface area (Å²) in [7, 11) is 0. The number of nitrogens with two attached hydrogens (primary N) is 2. The lowest BCUT2D eigenvalue weighted by Crippen LogP contribution is -2.12. The Morgan fingerprint density at radius 1 is 1.46 bits per heavy atom. The molecule has 0 aromatic carbocycles. The molecule has 0 aliphatic heterocycles. The summed E-state index contributed by atoms with van der Waals surface area (Å²) < 4.78 is 6.68. The molecule has 0 fully saturated rings. The Bertz CT molecular complexity index is 430. The van der Waals surface area contributed by atoms with Gasteiger partial charge in [-0.25, -0.2) is 0 Å². The number of nitrogens with zero attached hydrogens (tertiary/aromatic N) is 1. The quantitative estimate of drug-likeness (QED) is 0.719. The lowest BCUT2D eigenvalue weighted by atomic mass is 10.5. The lowest BCUT2D eigenvalue weighted by molar-refractivity contribution is 0.137. The zero-order valence-corrected chi connectivity index (χ0v) is 7.28. The van der Waals surface area contributed by atoms with Gasteiger partial charge in [0.15, 0.2) is 11.5 Å². The highest BCUT2D eigenvalue weighted by Crippen LogP contribution is 2.25. The molecule has 0 radical (unpaired) electrons. The molecule has 2 heterocycles. The molecule has 0 atom stereocenters. The zero-order chi connectivity index (χ0) is 9.42. The van der Waals surface area contributed by atoms with E-state index in [1.54, 1.807) is 12.1 Å². The number of fused-ring (bicyclic) bond motifs is 1. The van der Waals surface area contributed by atoms with Gasteiger partial charge < -0.3 is 20.7 Å². The Balaban J connectivity index is 2.61. The van der Waals surface area contributed by atoms with E-state index in [-0.39, 0.29) is 0 Å². The fourth-order valence-corrected chi connectivity index (χ4v) is 1.28. The van der Waals surface area contributed by atoms with Crippen molar-refractivity contribution in [3.8, 4) is 0 Å². The van der Waals surface area contributed by atoms with Crippen LogP contribution in [0.1, 0.15) is 6.92 Å². The highest BCUT2D eigenvalue weighted by atomic mass is 16.7. The average Bonchev–Trinajstić information content (AvgIpc) is 2.52. The number of anilines is 2. The Morgan fingerprint density at radius 3 is 2.92 bits per heavy atom. The van der Waals surface area contributed by atoms with Crippen LogP contribution < -0.4 is 16.3 Å². The van der Waals surface area contributed by atoms with Gasteiger partial charge in [-0.3, -0.25) is 0 Å². The van der Waals surface area contributed by atoms with Crippen LogP contribution >= 0.6 is 0 Å². The molecule has 0 saturated heterocycles. The van der Waals surface area contributed by atoms with Gasteiger partial charge >= 0.3 is 0 Å². The smallest absolute Gasteiger partial charge is 0.193 e. The molecule has 0 aliphatic rings. The number of hydrogen-bond acceptors (Lipinski definition) is 4. The molecular formula is C8H11N3O2. The van der Waals surface area contributed by atoms with E-state index in [1.165, 1.54) is 4.73 Å². The third kappa shape index (κ3) is 1.09. The van der Waals surface area contributed by atoms with Crippen LogP contribution in [0.25, 0.3) is 11.1 Å². The minimum absolute atomic E-state index is 0.360. The first kappa shape index (κ1) is 7.85. The molecule has 0 aliphatic carbocycles. The largest absolute Gasteiger partial charge is 0.439 e. The molecule has 4 N–H and O–H groups in total. The molecule has 0 unspecified atom stereocenters. The lowest BCUT2D eigenvalue weighted by Gasteiger charge is -2.05. The summed E-state index contributed by atoms with van der Waals surface area (Å²) in [6, 6.07) is 3.36. The van der Waals surface area contributed by atoms with Gasteiger partial charge in [0.2, 0.25) is 0 Å². The molecule has 13 heavy (non-hydrogen) atoms. The van der Waals surface area contributed by atoms with E-state index in [2.05, 4.69) is 0 Å². The van der Waals surface area contributed by atoms with Crippen molar-refractivity contribution < 1.29 is 9.25 Å². The van der Waals surface area contributed by atoms with Crippen molar-refractivity contribution in [2.75, 3.05) is 18.1 Å². The standard InChI is InChI=1S/C8H11N3O2/c1-2-12-11-5-3-8(10)13-6(5)4-7(11)9/h3-4H,2,9-10H2,1H3. The van der Waals surface area contributed by atoms with E-state index in [1.807, 2.05) is 6.92 Å². The topological polar surface area (TPSA) is 79.3 Å². The van der Waals surface area contributed by atoms with Crippen LogP contribution in [-0.4, -0.2) is 11.3 Å². The predicted molar refractivity (Wildman–Crippen MR) is 50.1 cm³/mol. The fraction of sp³-hybridized carbons (Fsp3) is 0.250. The van der Waals surface area contributed by atoms with Crippen molar-refractivity contribution in [3.05, 3.63) is 12.1 Å². The van der Waals surface area contributed by atoms with Crippen molar-refractivity contribution in [3.63, 3.8) is 0 Å². The third-order valence-electron chi connectivity index (χ3n) is 1.75. The van der Waals surface area contributed by atoms with Crippen LogP contribution in [0.15, 0.2) is 16.5 Å². The highest BCUT2D eigenvalue weighted by Gasteiger charge is 2.11. The van der Waals surface area contributed by atoms with Gasteiger partial charge in [0.1, 0.15) is 17.9 Å². The molecule has 2 rings (SSSR count). The summed E-state index contributed by atoms with van der Waals surface area (Å²) in [5, 5.41) is 0. The maximum atomic E-state index is 5.67. The van der Waals surface area contributed by atoms with Crippen LogP contribution in [0.2, 0.25) is 0 Å².